The first-order valence-electron chi connectivity index (χ1n) is 17.1. The number of allylic oxidation sites excluding steroid dienone is 3. The molecule has 0 radical (unpaired) electrons. The molecule has 4 aromatic carbocycles. The van der Waals surface area contributed by atoms with Crippen molar-refractivity contribution in [3.8, 4) is 0 Å². The standard InChI is InChI=1S/C30H38N2.2C7H7.Ni/c1-5-9-12-24-17-21-26(22-18-24)30-28(14-11-7-3)27(13-10-6-2)29(32(30)31)25-19-15-23(8-4)16-20-25;2*1-7-5-3-2-4-6-7;/h9,12,15-22H,5-8,10-11,13-14H2,1-4H3;2*3-6H,1H3;/q;2*-1;+2. The van der Waals surface area contributed by atoms with Crippen molar-refractivity contribution < 1.29 is 21.2 Å². The van der Waals surface area contributed by atoms with Gasteiger partial charge >= 0.3 is 16.5 Å². The Morgan fingerprint density at radius 2 is 1.04 bits per heavy atom. The van der Waals surface area contributed by atoms with E-state index in [-0.39, 0.29) is 16.5 Å². The van der Waals surface area contributed by atoms with Gasteiger partial charge in [-0.25, -0.2) is 4.70 Å². The molecule has 0 spiro atoms. The van der Waals surface area contributed by atoms with Crippen LogP contribution in [-0.2, 0) is 22.9 Å². The third kappa shape index (κ3) is 12.4. The maximum atomic E-state index is 11.5. The fourth-order valence-corrected chi connectivity index (χ4v) is 5.34. The van der Waals surface area contributed by atoms with Gasteiger partial charge in [0, 0.05) is 22.3 Å². The predicted octanol–water partition coefficient (Wildman–Crippen LogP) is 12.8. The molecule has 0 unspecified atom stereocenters. The normalized spacial score (nSPS) is 12.3. The van der Waals surface area contributed by atoms with E-state index in [0.717, 1.165) is 73.9 Å². The van der Waals surface area contributed by atoms with E-state index in [9.17, 15) is 5.53 Å². The van der Waals surface area contributed by atoms with Crippen LogP contribution in [0.5, 0.6) is 0 Å². The largest absolute Gasteiger partial charge is 2.00 e. The molecule has 1 aliphatic rings. The molecule has 0 saturated heterocycles. The molecule has 2 nitrogen and oxygen atoms in total. The zero-order valence-electron chi connectivity index (χ0n) is 29.3. The Morgan fingerprint density at radius 1 is 0.617 bits per heavy atom. The minimum atomic E-state index is 0. The molecule has 1 heterocycles. The van der Waals surface area contributed by atoms with Crippen LogP contribution in [0.15, 0.2) is 114 Å². The summed E-state index contributed by atoms with van der Waals surface area (Å²) in [4.78, 5) is 0. The van der Waals surface area contributed by atoms with Crippen molar-refractivity contribution in [3.63, 3.8) is 0 Å². The van der Waals surface area contributed by atoms with E-state index in [1.807, 2.05) is 48.5 Å². The molecule has 3 heteroatoms. The minimum absolute atomic E-state index is 0. The van der Waals surface area contributed by atoms with Crippen molar-refractivity contribution in [2.24, 2.45) is 0 Å². The van der Waals surface area contributed by atoms with Crippen molar-refractivity contribution in [1.82, 2.24) is 0 Å². The minimum Gasteiger partial charge on any atom is -0.493 e. The van der Waals surface area contributed by atoms with Crippen molar-refractivity contribution in [2.45, 2.75) is 92.9 Å². The summed E-state index contributed by atoms with van der Waals surface area (Å²) in [6, 6.07) is 38.9. The van der Waals surface area contributed by atoms with Crippen molar-refractivity contribution in [1.29, 1.82) is 0 Å². The Morgan fingerprint density at radius 3 is 1.38 bits per heavy atom. The molecule has 0 N–H and O–H groups in total. The summed E-state index contributed by atoms with van der Waals surface area (Å²) in [6.07, 6.45) is 12.9. The molecule has 0 fully saturated rings. The summed E-state index contributed by atoms with van der Waals surface area (Å²) in [7, 11) is 0. The van der Waals surface area contributed by atoms with Crippen LogP contribution < -0.4 is 0 Å². The zero-order valence-corrected chi connectivity index (χ0v) is 30.2. The average molecular weight is 668 g/mol. The molecule has 4 aromatic rings. The van der Waals surface area contributed by atoms with Crippen LogP contribution in [-0.4, -0.2) is 4.70 Å². The fourth-order valence-electron chi connectivity index (χ4n) is 5.34. The summed E-state index contributed by atoms with van der Waals surface area (Å²) >= 11 is 0. The van der Waals surface area contributed by atoms with Gasteiger partial charge in [0.2, 0.25) is 11.4 Å². The molecule has 0 atom stereocenters. The van der Waals surface area contributed by atoms with E-state index in [1.165, 1.54) is 38.1 Å². The summed E-state index contributed by atoms with van der Waals surface area (Å²) in [5.74, 6) is 0. The van der Waals surface area contributed by atoms with Gasteiger partial charge in [0.15, 0.2) is 0 Å². The van der Waals surface area contributed by atoms with E-state index in [0.29, 0.717) is 0 Å². The van der Waals surface area contributed by atoms with Gasteiger partial charge in [0.25, 0.3) is 0 Å². The first kappa shape index (κ1) is 39.4. The molecule has 0 aromatic heterocycles. The number of unbranched alkanes of at least 4 members (excludes halogenated alkanes) is 2. The Labute approximate surface area is 295 Å². The Kier molecular flexibility index (Phi) is 18.3. The molecule has 248 valence electrons. The summed E-state index contributed by atoms with van der Waals surface area (Å²) < 4.78 is 1.48. The number of hydrogen-bond donors (Lipinski definition) is 0. The van der Waals surface area contributed by atoms with Crippen molar-refractivity contribution in [2.75, 3.05) is 0 Å². The molecule has 1 aliphatic heterocycles. The second kappa shape index (κ2) is 21.9. The Bertz CT molecular complexity index is 1520. The molecular weight excluding hydrogens is 615 g/mol. The maximum absolute atomic E-state index is 11.5. The summed E-state index contributed by atoms with van der Waals surface area (Å²) in [6.45, 7) is 12.9. The van der Waals surface area contributed by atoms with Crippen LogP contribution in [0.3, 0.4) is 0 Å². The smallest absolute Gasteiger partial charge is 0.493 e. The quantitative estimate of drug-likeness (QED) is 0.0864. The third-order valence-electron chi connectivity index (χ3n) is 8.06. The van der Waals surface area contributed by atoms with Gasteiger partial charge < -0.3 is 5.53 Å². The van der Waals surface area contributed by atoms with Crippen molar-refractivity contribution >= 4 is 17.5 Å². The van der Waals surface area contributed by atoms with Crippen molar-refractivity contribution in [3.05, 3.63) is 165 Å². The van der Waals surface area contributed by atoms with E-state index in [2.05, 4.69) is 114 Å². The number of benzene rings is 4. The third-order valence-corrected chi connectivity index (χ3v) is 8.06. The van der Waals surface area contributed by atoms with Crippen LogP contribution in [0.1, 0.15) is 106 Å². The predicted molar refractivity (Wildman–Crippen MR) is 198 cm³/mol. The number of aryl methyl sites for hydroxylation is 3. The number of rotatable bonds is 11. The molecule has 47 heavy (non-hydrogen) atoms. The fraction of sp³-hybridized carbons (Fsp3) is 0.318. The maximum Gasteiger partial charge on any atom is 2.00 e. The first-order chi connectivity index (χ1) is 22.4. The van der Waals surface area contributed by atoms with Gasteiger partial charge in [-0.05, 0) is 73.9 Å². The molecule has 0 aliphatic carbocycles. The van der Waals surface area contributed by atoms with Gasteiger partial charge in [0.1, 0.15) is 0 Å². The van der Waals surface area contributed by atoms with Crippen LogP contribution >= 0.6 is 0 Å². The van der Waals surface area contributed by atoms with Gasteiger partial charge in [-0.1, -0.05) is 90.8 Å². The second-order valence-electron chi connectivity index (χ2n) is 11.8. The second-order valence-corrected chi connectivity index (χ2v) is 11.8. The van der Waals surface area contributed by atoms with Crippen LogP contribution in [0.4, 0.5) is 0 Å². The molecule has 0 bridgehead atoms. The van der Waals surface area contributed by atoms with Gasteiger partial charge in [-0.15, -0.1) is 0 Å². The van der Waals surface area contributed by atoms with Gasteiger partial charge in [-0.3, -0.25) is 0 Å². The topological polar surface area (TPSA) is 25.3 Å². The van der Waals surface area contributed by atoms with E-state index >= 15 is 0 Å². The van der Waals surface area contributed by atoms with Crippen LogP contribution in [0.2, 0.25) is 0 Å². The Balaban J connectivity index is 0.000000419. The summed E-state index contributed by atoms with van der Waals surface area (Å²) in [5.41, 5.74) is 23.4. The summed E-state index contributed by atoms with van der Waals surface area (Å²) in [5, 5.41) is 0. The molecule has 0 amide bonds. The first-order valence-corrected chi connectivity index (χ1v) is 17.1. The molecule has 5 rings (SSSR count). The van der Waals surface area contributed by atoms with Crippen LogP contribution in [0.25, 0.3) is 23.0 Å². The van der Waals surface area contributed by atoms with Gasteiger partial charge in [-0.2, -0.15) is 71.8 Å². The number of nitrogens with zero attached hydrogens (tertiary/aromatic N) is 2. The van der Waals surface area contributed by atoms with E-state index in [1.54, 1.807) is 0 Å². The van der Waals surface area contributed by atoms with E-state index < -0.39 is 0 Å². The average Bonchev–Trinajstić information content (AvgIpc) is 3.37. The van der Waals surface area contributed by atoms with Gasteiger partial charge in [0.05, 0.1) is 0 Å². The van der Waals surface area contributed by atoms with Crippen LogP contribution in [0, 0.1) is 26.0 Å². The SMILES string of the molecule is CCC=Cc1ccc(C2=C(CCCC)C(CCCC)=C(c3ccc(CC)cc3)[N+]2=[N-])cc1.Cc1cc[c-]cc1.Cc1cc[c-]cc1.[Ni+2]. The van der Waals surface area contributed by atoms with E-state index in [4.69, 9.17) is 0 Å². The number of hydrogen-bond acceptors (Lipinski definition) is 0. The molecular formula is C44H52N2Ni. The Hall–Kier alpha value is -3.81. The monoisotopic (exact) mass is 666 g/mol. The zero-order chi connectivity index (χ0) is 33.1. The molecule has 0 saturated carbocycles.